The summed E-state index contributed by atoms with van der Waals surface area (Å²) in [7, 11) is 0. The van der Waals surface area contributed by atoms with E-state index in [4.69, 9.17) is 10.8 Å². The summed E-state index contributed by atoms with van der Waals surface area (Å²) in [4.78, 5) is 10.3. The molecular weight excluding hydrogens is 139 g/mol. The highest BCUT2D eigenvalue weighted by molar-refractivity contribution is 5.76. The van der Waals surface area contributed by atoms with Crippen LogP contribution < -0.4 is 11.1 Å². The minimum absolute atomic E-state index is 0.119. The highest BCUT2D eigenvalue weighted by Crippen LogP contribution is 1.82. The number of rotatable bonds is 4. The van der Waals surface area contributed by atoms with Gasteiger partial charge in [-0.15, -0.1) is 0 Å². The van der Waals surface area contributed by atoms with Crippen molar-refractivity contribution in [3.63, 3.8) is 0 Å². The van der Waals surface area contributed by atoms with E-state index in [9.17, 15) is 9.18 Å². The Balaban J connectivity index is 3.26. The predicted octanol–water partition coefficient (Wildman–Crippen LogP) is -1.61. The van der Waals surface area contributed by atoms with E-state index in [1.165, 1.54) is 0 Å². The van der Waals surface area contributed by atoms with Crippen LogP contribution in [0.25, 0.3) is 0 Å². The Bertz CT molecular complexity index is 110. The Hall–Kier alpha value is -0.680. The third-order valence-electron chi connectivity index (χ3n) is 0.920. The largest absolute Gasteiger partial charge is 0.387 e. The lowest BCUT2D eigenvalue weighted by molar-refractivity contribution is -0.124. The van der Waals surface area contributed by atoms with Gasteiger partial charge in [0.1, 0.15) is 12.8 Å². The number of carbonyl (C=O) groups excluding carboxylic acids is 1. The number of alkyl halides is 1. The molecule has 0 aromatic carbocycles. The van der Waals surface area contributed by atoms with E-state index in [2.05, 4.69) is 5.32 Å². The number of carbonyl (C=O) groups is 1. The Kier molecular flexibility index (Phi) is 4.78. The van der Waals surface area contributed by atoms with Crippen LogP contribution in [0.4, 0.5) is 4.39 Å². The number of nitrogens with two attached hydrogens (primary N) is 1. The second-order valence-corrected chi connectivity index (χ2v) is 1.80. The molecule has 10 heavy (non-hydrogen) atoms. The normalized spacial score (nSPS) is 12.7. The van der Waals surface area contributed by atoms with Gasteiger partial charge in [-0.2, -0.15) is 0 Å². The second-order valence-electron chi connectivity index (χ2n) is 1.80. The molecule has 0 saturated carbocycles. The number of aliphatic hydroxyl groups is 1. The van der Waals surface area contributed by atoms with Gasteiger partial charge in [0.2, 0.25) is 5.91 Å². The van der Waals surface area contributed by atoms with Crippen molar-refractivity contribution in [2.75, 3.05) is 19.7 Å². The van der Waals surface area contributed by atoms with Crippen LogP contribution in [-0.2, 0) is 4.79 Å². The van der Waals surface area contributed by atoms with Gasteiger partial charge in [-0.3, -0.25) is 4.79 Å². The number of amides is 1. The SMILES string of the molecule is NC[C@H](F)CNC(=O)CO. The molecule has 0 radical (unpaired) electrons. The standard InChI is InChI=1S/C5H11FN2O2/c6-4(1-7)2-8-5(10)3-9/h4,9H,1-3,7H2,(H,8,10)/t4-/m0/s1. The van der Waals surface area contributed by atoms with Crippen molar-refractivity contribution in [3.05, 3.63) is 0 Å². The van der Waals surface area contributed by atoms with Crippen molar-refractivity contribution in [1.29, 1.82) is 0 Å². The molecule has 0 aliphatic carbocycles. The van der Waals surface area contributed by atoms with Crippen molar-refractivity contribution in [3.8, 4) is 0 Å². The van der Waals surface area contributed by atoms with Gasteiger partial charge in [0.15, 0.2) is 0 Å². The molecule has 1 amide bonds. The molecule has 0 saturated heterocycles. The van der Waals surface area contributed by atoms with Crippen LogP contribution in [0.1, 0.15) is 0 Å². The maximum atomic E-state index is 12.2. The zero-order chi connectivity index (χ0) is 7.98. The van der Waals surface area contributed by atoms with Gasteiger partial charge in [0, 0.05) is 6.54 Å². The lowest BCUT2D eigenvalue weighted by Gasteiger charge is -2.04. The molecule has 1 atom stereocenters. The van der Waals surface area contributed by atoms with Crippen LogP contribution in [0.3, 0.4) is 0 Å². The lowest BCUT2D eigenvalue weighted by Crippen LogP contribution is -2.35. The molecule has 5 heteroatoms. The van der Waals surface area contributed by atoms with E-state index in [1.807, 2.05) is 0 Å². The van der Waals surface area contributed by atoms with Crippen molar-refractivity contribution < 1.29 is 14.3 Å². The third kappa shape index (κ3) is 4.22. The second kappa shape index (κ2) is 5.13. The molecule has 0 spiro atoms. The maximum Gasteiger partial charge on any atom is 0.245 e. The van der Waals surface area contributed by atoms with Gasteiger partial charge >= 0.3 is 0 Å². The average molecular weight is 150 g/mol. The van der Waals surface area contributed by atoms with Crippen molar-refractivity contribution >= 4 is 5.91 Å². The van der Waals surface area contributed by atoms with E-state index in [0.29, 0.717) is 0 Å². The topological polar surface area (TPSA) is 75.3 Å². The summed E-state index contributed by atoms with van der Waals surface area (Å²) in [6.45, 7) is -0.862. The van der Waals surface area contributed by atoms with Crippen molar-refractivity contribution in [2.45, 2.75) is 6.17 Å². The quantitative estimate of drug-likeness (QED) is 0.451. The van der Waals surface area contributed by atoms with Crippen molar-refractivity contribution in [1.82, 2.24) is 5.32 Å². The fourth-order valence-electron chi connectivity index (χ4n) is 0.364. The summed E-state index contributed by atoms with van der Waals surface area (Å²) < 4.78 is 12.2. The summed E-state index contributed by atoms with van der Waals surface area (Å²) in [5.74, 6) is -0.587. The van der Waals surface area contributed by atoms with Crippen LogP contribution in [0.2, 0.25) is 0 Å². The third-order valence-corrected chi connectivity index (χ3v) is 0.920. The van der Waals surface area contributed by atoms with Gasteiger partial charge in [0.05, 0.1) is 6.54 Å². The van der Waals surface area contributed by atoms with Gasteiger partial charge in [-0.05, 0) is 0 Å². The molecule has 0 aliphatic rings. The molecule has 60 valence electrons. The minimum atomic E-state index is -1.23. The summed E-state index contributed by atoms with van der Waals surface area (Å²) in [6.07, 6.45) is -1.23. The highest BCUT2D eigenvalue weighted by Gasteiger charge is 2.04. The summed E-state index contributed by atoms with van der Waals surface area (Å²) in [6, 6.07) is 0. The zero-order valence-corrected chi connectivity index (χ0v) is 5.51. The molecule has 0 unspecified atom stereocenters. The average Bonchev–Trinajstić information content (AvgIpc) is 1.99. The Morgan fingerprint density at radius 3 is 2.80 bits per heavy atom. The first-order chi connectivity index (χ1) is 4.70. The molecule has 0 aliphatic heterocycles. The molecule has 0 bridgehead atoms. The first kappa shape index (κ1) is 9.32. The molecule has 0 fully saturated rings. The Morgan fingerprint density at radius 1 is 1.80 bits per heavy atom. The first-order valence-electron chi connectivity index (χ1n) is 2.92. The summed E-state index contributed by atoms with van der Waals surface area (Å²) >= 11 is 0. The maximum absolute atomic E-state index is 12.2. The monoisotopic (exact) mass is 150 g/mol. The molecule has 4 N–H and O–H groups in total. The highest BCUT2D eigenvalue weighted by atomic mass is 19.1. The summed E-state index contributed by atoms with van der Waals surface area (Å²) in [5.41, 5.74) is 4.91. The first-order valence-corrected chi connectivity index (χ1v) is 2.92. The molecule has 4 nitrogen and oxygen atoms in total. The van der Waals surface area contributed by atoms with E-state index < -0.39 is 18.7 Å². The number of nitrogens with one attached hydrogen (secondary N) is 1. The molecule has 0 aromatic heterocycles. The molecule has 0 rings (SSSR count). The fourth-order valence-corrected chi connectivity index (χ4v) is 0.364. The fraction of sp³-hybridized carbons (Fsp3) is 0.800. The smallest absolute Gasteiger partial charge is 0.245 e. The Morgan fingerprint density at radius 2 is 2.40 bits per heavy atom. The lowest BCUT2D eigenvalue weighted by atomic mass is 10.4. The van der Waals surface area contributed by atoms with Gasteiger partial charge in [0.25, 0.3) is 0 Å². The van der Waals surface area contributed by atoms with Crippen LogP contribution >= 0.6 is 0 Å². The number of aliphatic hydroxyl groups excluding tert-OH is 1. The molecule has 0 aromatic rings. The van der Waals surface area contributed by atoms with Gasteiger partial charge < -0.3 is 16.2 Å². The van der Waals surface area contributed by atoms with Crippen LogP contribution in [0.5, 0.6) is 0 Å². The van der Waals surface area contributed by atoms with E-state index >= 15 is 0 Å². The van der Waals surface area contributed by atoms with Crippen molar-refractivity contribution in [2.24, 2.45) is 5.73 Å². The predicted molar refractivity (Wildman–Crippen MR) is 34.0 cm³/mol. The van der Waals surface area contributed by atoms with E-state index in [-0.39, 0.29) is 13.1 Å². The van der Waals surface area contributed by atoms with Gasteiger partial charge in [-0.1, -0.05) is 0 Å². The number of hydrogen-bond acceptors (Lipinski definition) is 3. The number of hydrogen-bond donors (Lipinski definition) is 3. The van der Waals surface area contributed by atoms with Crippen LogP contribution in [-0.4, -0.2) is 36.9 Å². The minimum Gasteiger partial charge on any atom is -0.387 e. The summed E-state index contributed by atoms with van der Waals surface area (Å²) in [5, 5.41) is 10.3. The van der Waals surface area contributed by atoms with Gasteiger partial charge in [-0.25, -0.2) is 4.39 Å². The Labute approximate surface area is 58.2 Å². The molecular formula is C5H11FN2O2. The van der Waals surface area contributed by atoms with E-state index in [0.717, 1.165) is 0 Å². The molecule has 0 heterocycles. The van der Waals surface area contributed by atoms with Crippen LogP contribution in [0.15, 0.2) is 0 Å². The van der Waals surface area contributed by atoms with Crippen LogP contribution in [0, 0.1) is 0 Å². The van der Waals surface area contributed by atoms with E-state index in [1.54, 1.807) is 0 Å². The number of halogens is 1. The zero-order valence-electron chi connectivity index (χ0n) is 5.51.